The van der Waals surface area contributed by atoms with Crippen molar-refractivity contribution in [3.8, 4) is 0 Å². The predicted molar refractivity (Wildman–Crippen MR) is 77.3 cm³/mol. The smallest absolute Gasteiger partial charge is 0.257 e. The number of nitrogens with two attached hydrogens (primary N) is 1. The minimum absolute atomic E-state index is 0.242. The van der Waals surface area contributed by atoms with Gasteiger partial charge < -0.3 is 5.32 Å². The zero-order chi connectivity index (χ0) is 16.2. The van der Waals surface area contributed by atoms with E-state index in [2.05, 4.69) is 21.2 Å². The van der Waals surface area contributed by atoms with Crippen molar-refractivity contribution in [2.24, 2.45) is 5.14 Å². The van der Waals surface area contributed by atoms with Gasteiger partial charge in [0.25, 0.3) is 5.91 Å². The van der Waals surface area contributed by atoms with Gasteiger partial charge in [-0.15, -0.1) is 0 Å². The van der Waals surface area contributed by atoms with Crippen LogP contribution in [0.4, 0.5) is 8.78 Å². The first-order valence-electron chi connectivity index (χ1n) is 6.18. The summed E-state index contributed by atoms with van der Waals surface area (Å²) in [6, 6.07) is 0.698. The number of amides is 1. The van der Waals surface area contributed by atoms with Gasteiger partial charge >= 0.3 is 0 Å². The minimum atomic E-state index is -4.43. The number of rotatable bonds is 6. The Morgan fingerprint density at radius 2 is 2.00 bits per heavy atom. The van der Waals surface area contributed by atoms with Gasteiger partial charge in [-0.3, -0.25) is 4.79 Å². The fourth-order valence-corrected chi connectivity index (χ4v) is 3.44. The molecular weight excluding hydrogens is 370 g/mol. The molecule has 1 aromatic rings. The lowest BCUT2D eigenvalue weighted by atomic mass is 10.1. The van der Waals surface area contributed by atoms with E-state index in [0.717, 1.165) is 12.8 Å². The molecule has 0 fully saturated rings. The Balaban J connectivity index is 3.16. The second-order valence-corrected chi connectivity index (χ2v) is 6.72. The van der Waals surface area contributed by atoms with Crippen molar-refractivity contribution in [2.45, 2.75) is 31.1 Å². The Morgan fingerprint density at radius 3 is 2.52 bits per heavy atom. The molecule has 0 saturated heterocycles. The molecule has 9 heteroatoms. The van der Waals surface area contributed by atoms with E-state index in [9.17, 15) is 22.0 Å². The topological polar surface area (TPSA) is 89.3 Å². The number of benzene rings is 1. The van der Waals surface area contributed by atoms with Crippen LogP contribution in [0.2, 0.25) is 0 Å². The molecule has 0 aliphatic heterocycles. The molecule has 0 aliphatic rings. The van der Waals surface area contributed by atoms with E-state index < -0.39 is 38.0 Å². The third-order valence-electron chi connectivity index (χ3n) is 2.71. The number of carbonyl (C=O) groups excluding carboxylic acids is 1. The van der Waals surface area contributed by atoms with Gasteiger partial charge in [0.1, 0.15) is 16.3 Å². The van der Waals surface area contributed by atoms with Crippen LogP contribution in [-0.2, 0) is 10.0 Å². The number of nitrogens with one attached hydrogen (secondary N) is 1. The summed E-state index contributed by atoms with van der Waals surface area (Å²) in [4.78, 5) is 10.9. The molecule has 1 rings (SSSR count). The second-order valence-electron chi connectivity index (χ2n) is 4.37. The van der Waals surface area contributed by atoms with E-state index in [-0.39, 0.29) is 11.0 Å². The second kappa shape index (κ2) is 7.28. The molecular formula is C12H15BrF2N2O3S. The third kappa shape index (κ3) is 4.45. The standard InChI is InChI=1S/C12H15BrF2N2O3S/c1-2-3-4-5-17-12(18)9-8(14)6-7(13)11(10(9)15)21(16,19)20/h6H,2-5H2,1H3,(H,17,18)(H2,16,19,20). The number of carbonyl (C=O) groups is 1. The monoisotopic (exact) mass is 384 g/mol. The largest absolute Gasteiger partial charge is 0.352 e. The fraction of sp³-hybridized carbons (Fsp3) is 0.417. The molecule has 21 heavy (non-hydrogen) atoms. The van der Waals surface area contributed by atoms with Crippen LogP contribution >= 0.6 is 15.9 Å². The van der Waals surface area contributed by atoms with Gasteiger partial charge in [0.15, 0.2) is 5.82 Å². The van der Waals surface area contributed by atoms with E-state index >= 15 is 0 Å². The molecule has 0 spiro atoms. The molecule has 118 valence electrons. The lowest BCUT2D eigenvalue weighted by Gasteiger charge is -2.11. The van der Waals surface area contributed by atoms with Crippen LogP contribution in [0.1, 0.15) is 36.5 Å². The minimum Gasteiger partial charge on any atom is -0.352 e. The fourth-order valence-electron chi connectivity index (χ4n) is 1.71. The Labute approximate surface area is 130 Å². The van der Waals surface area contributed by atoms with Crippen molar-refractivity contribution in [2.75, 3.05) is 6.54 Å². The maximum absolute atomic E-state index is 14.1. The molecule has 0 unspecified atom stereocenters. The molecule has 0 bridgehead atoms. The Hall–Kier alpha value is -1.06. The summed E-state index contributed by atoms with van der Waals surface area (Å²) in [7, 11) is -4.43. The normalized spacial score (nSPS) is 11.5. The van der Waals surface area contributed by atoms with E-state index in [0.29, 0.717) is 12.5 Å². The van der Waals surface area contributed by atoms with Crippen LogP contribution in [0.5, 0.6) is 0 Å². The highest BCUT2D eigenvalue weighted by Crippen LogP contribution is 2.28. The van der Waals surface area contributed by atoms with Gasteiger partial charge in [0.05, 0.1) is 0 Å². The number of hydrogen-bond donors (Lipinski definition) is 2. The van der Waals surface area contributed by atoms with Gasteiger partial charge in [0.2, 0.25) is 10.0 Å². The zero-order valence-electron chi connectivity index (χ0n) is 11.3. The molecule has 0 saturated carbocycles. The third-order valence-corrected chi connectivity index (χ3v) is 4.56. The lowest BCUT2D eigenvalue weighted by molar-refractivity contribution is 0.0944. The van der Waals surface area contributed by atoms with Gasteiger partial charge in [-0.25, -0.2) is 22.3 Å². The maximum Gasteiger partial charge on any atom is 0.257 e. The summed E-state index contributed by atoms with van der Waals surface area (Å²) in [5.41, 5.74) is -0.960. The molecule has 0 heterocycles. The maximum atomic E-state index is 14.1. The summed E-state index contributed by atoms with van der Waals surface area (Å²) in [5.74, 6) is -3.68. The first-order valence-corrected chi connectivity index (χ1v) is 8.52. The highest BCUT2D eigenvalue weighted by Gasteiger charge is 2.28. The number of hydrogen-bond acceptors (Lipinski definition) is 3. The quantitative estimate of drug-likeness (QED) is 0.737. The average molecular weight is 385 g/mol. The number of primary sulfonamides is 1. The predicted octanol–water partition coefficient (Wildman–Crippen LogP) is 2.29. The first-order chi connectivity index (χ1) is 9.70. The summed E-state index contributed by atoms with van der Waals surface area (Å²) < 4.78 is 50.1. The van der Waals surface area contributed by atoms with Gasteiger partial charge in [-0.05, 0) is 28.4 Å². The molecule has 5 nitrogen and oxygen atoms in total. The zero-order valence-corrected chi connectivity index (χ0v) is 13.7. The van der Waals surface area contributed by atoms with Crippen molar-refractivity contribution < 1.29 is 22.0 Å². The number of halogens is 3. The van der Waals surface area contributed by atoms with E-state index in [4.69, 9.17) is 5.14 Å². The van der Waals surface area contributed by atoms with Crippen molar-refractivity contribution in [3.63, 3.8) is 0 Å². The molecule has 0 radical (unpaired) electrons. The summed E-state index contributed by atoms with van der Waals surface area (Å²) in [6.07, 6.45) is 2.44. The summed E-state index contributed by atoms with van der Waals surface area (Å²) in [5, 5.41) is 7.21. The van der Waals surface area contributed by atoms with Crippen molar-refractivity contribution in [1.29, 1.82) is 0 Å². The van der Waals surface area contributed by atoms with Gasteiger partial charge in [-0.1, -0.05) is 19.8 Å². The molecule has 0 aliphatic carbocycles. The van der Waals surface area contributed by atoms with Crippen LogP contribution in [0.3, 0.4) is 0 Å². The number of unbranched alkanes of at least 4 members (excludes halogenated alkanes) is 2. The Morgan fingerprint density at radius 1 is 1.38 bits per heavy atom. The molecule has 1 aromatic carbocycles. The number of sulfonamides is 1. The Bertz CT molecular complexity index is 650. The van der Waals surface area contributed by atoms with Crippen molar-refractivity contribution >= 4 is 31.9 Å². The first kappa shape index (κ1) is 18.0. The molecule has 0 atom stereocenters. The average Bonchev–Trinajstić information content (AvgIpc) is 2.32. The van der Waals surface area contributed by atoms with Crippen molar-refractivity contribution in [1.82, 2.24) is 5.32 Å². The van der Waals surface area contributed by atoms with E-state index in [1.165, 1.54) is 0 Å². The summed E-state index contributed by atoms with van der Waals surface area (Å²) >= 11 is 2.72. The van der Waals surface area contributed by atoms with Gasteiger partial charge in [0, 0.05) is 11.0 Å². The van der Waals surface area contributed by atoms with Crippen LogP contribution < -0.4 is 10.5 Å². The molecule has 1 amide bonds. The highest BCUT2D eigenvalue weighted by atomic mass is 79.9. The Kier molecular flexibility index (Phi) is 6.24. The molecule has 3 N–H and O–H groups in total. The van der Waals surface area contributed by atoms with Crippen LogP contribution in [-0.4, -0.2) is 20.9 Å². The van der Waals surface area contributed by atoms with Crippen molar-refractivity contribution in [3.05, 3.63) is 27.7 Å². The van der Waals surface area contributed by atoms with Crippen LogP contribution in [0.25, 0.3) is 0 Å². The molecule has 0 aromatic heterocycles. The van der Waals surface area contributed by atoms with Crippen LogP contribution in [0.15, 0.2) is 15.4 Å². The van der Waals surface area contributed by atoms with Gasteiger partial charge in [-0.2, -0.15) is 0 Å². The summed E-state index contributed by atoms with van der Waals surface area (Å²) in [6.45, 7) is 2.21. The highest BCUT2D eigenvalue weighted by molar-refractivity contribution is 9.10. The van der Waals surface area contributed by atoms with E-state index in [1.54, 1.807) is 0 Å². The van der Waals surface area contributed by atoms with E-state index in [1.807, 2.05) is 6.92 Å². The SMILES string of the molecule is CCCCCNC(=O)c1c(F)cc(Br)c(S(N)(=O)=O)c1F. The lowest BCUT2D eigenvalue weighted by Crippen LogP contribution is -2.28. The van der Waals surface area contributed by atoms with Crippen LogP contribution in [0, 0.1) is 11.6 Å².